The van der Waals surface area contributed by atoms with Crippen LogP contribution in [0.15, 0.2) is 24.3 Å². The van der Waals surface area contributed by atoms with Crippen LogP contribution in [0.25, 0.3) is 0 Å². The zero-order valence-electron chi connectivity index (χ0n) is 9.86. The summed E-state index contributed by atoms with van der Waals surface area (Å²) in [7, 11) is 0. The predicted octanol–water partition coefficient (Wildman–Crippen LogP) is 3.95. The molecular weight excluding hydrogens is 194 g/mol. The van der Waals surface area contributed by atoms with E-state index in [0.717, 1.165) is 23.4 Å². The van der Waals surface area contributed by atoms with E-state index in [2.05, 4.69) is 24.3 Å². The van der Waals surface area contributed by atoms with E-state index >= 15 is 0 Å². The average Bonchev–Trinajstić information content (AvgIpc) is 2.12. The highest BCUT2D eigenvalue weighted by Crippen LogP contribution is 2.49. The third-order valence-corrected chi connectivity index (χ3v) is 4.64. The normalized spacial score (nSPS) is 21.8. The molecule has 1 aromatic carbocycles. The van der Waals surface area contributed by atoms with E-state index in [9.17, 15) is 0 Å². The Morgan fingerprint density at radius 2 is 1.38 bits per heavy atom. The fourth-order valence-corrected chi connectivity index (χ4v) is 3.25. The molecule has 0 unspecified atom stereocenters. The van der Waals surface area contributed by atoms with E-state index in [1.165, 1.54) is 38.5 Å². The van der Waals surface area contributed by atoms with Crippen LogP contribution < -0.4 is 5.73 Å². The number of hydrogen-bond acceptors (Lipinski definition) is 1. The lowest BCUT2D eigenvalue weighted by molar-refractivity contribution is 0.149. The Balaban J connectivity index is 1.83. The molecule has 3 rings (SSSR count). The molecule has 2 aliphatic rings. The van der Waals surface area contributed by atoms with Gasteiger partial charge in [-0.2, -0.15) is 0 Å². The van der Waals surface area contributed by atoms with Crippen molar-refractivity contribution >= 4 is 5.69 Å². The largest absolute Gasteiger partial charge is 0.399 e. The van der Waals surface area contributed by atoms with Crippen molar-refractivity contribution in [2.24, 2.45) is 11.8 Å². The average molecular weight is 215 g/mol. The van der Waals surface area contributed by atoms with Gasteiger partial charge in [0.05, 0.1) is 0 Å². The molecule has 2 saturated carbocycles. The van der Waals surface area contributed by atoms with Crippen molar-refractivity contribution < 1.29 is 0 Å². The van der Waals surface area contributed by atoms with Crippen LogP contribution >= 0.6 is 0 Å². The van der Waals surface area contributed by atoms with E-state index in [0.29, 0.717) is 0 Å². The molecule has 0 atom stereocenters. The molecule has 0 aromatic heterocycles. The highest BCUT2D eigenvalue weighted by molar-refractivity contribution is 5.40. The molecule has 0 radical (unpaired) electrons. The summed E-state index contributed by atoms with van der Waals surface area (Å²) in [6.45, 7) is 0. The van der Waals surface area contributed by atoms with Crippen molar-refractivity contribution in [3.8, 4) is 0 Å². The van der Waals surface area contributed by atoms with Crippen LogP contribution in [0.3, 0.4) is 0 Å². The Bertz CT molecular complexity index is 332. The first kappa shape index (κ1) is 10.2. The first-order valence-corrected chi connectivity index (χ1v) is 6.70. The molecule has 1 aromatic rings. The SMILES string of the molecule is Nc1ccc(C(C2CCC2)C2CCC2)cc1. The summed E-state index contributed by atoms with van der Waals surface area (Å²) < 4.78 is 0. The van der Waals surface area contributed by atoms with E-state index in [4.69, 9.17) is 5.73 Å². The van der Waals surface area contributed by atoms with E-state index in [-0.39, 0.29) is 0 Å². The number of nitrogens with two attached hydrogens (primary N) is 1. The van der Waals surface area contributed by atoms with Crippen molar-refractivity contribution in [1.29, 1.82) is 0 Å². The van der Waals surface area contributed by atoms with Gasteiger partial charge < -0.3 is 5.73 Å². The van der Waals surface area contributed by atoms with Crippen LogP contribution in [0.1, 0.15) is 50.0 Å². The topological polar surface area (TPSA) is 26.0 Å². The summed E-state index contributed by atoms with van der Waals surface area (Å²) in [6.07, 6.45) is 8.69. The predicted molar refractivity (Wildman–Crippen MR) is 68.3 cm³/mol. The molecule has 2 fully saturated rings. The van der Waals surface area contributed by atoms with Gasteiger partial charge in [0.15, 0.2) is 0 Å². The minimum Gasteiger partial charge on any atom is -0.399 e. The molecule has 0 spiro atoms. The van der Waals surface area contributed by atoms with E-state index in [1.54, 1.807) is 5.56 Å². The van der Waals surface area contributed by atoms with Crippen LogP contribution in [0.4, 0.5) is 5.69 Å². The number of benzene rings is 1. The van der Waals surface area contributed by atoms with Gasteiger partial charge in [-0.05, 0) is 61.1 Å². The van der Waals surface area contributed by atoms with Gasteiger partial charge in [0.25, 0.3) is 0 Å². The Morgan fingerprint density at radius 1 is 0.875 bits per heavy atom. The fourth-order valence-electron chi connectivity index (χ4n) is 3.25. The highest BCUT2D eigenvalue weighted by Gasteiger charge is 2.36. The molecule has 16 heavy (non-hydrogen) atoms. The van der Waals surface area contributed by atoms with Crippen molar-refractivity contribution in [1.82, 2.24) is 0 Å². The smallest absolute Gasteiger partial charge is 0.0314 e. The molecule has 0 aliphatic heterocycles. The van der Waals surface area contributed by atoms with E-state index in [1.807, 2.05) is 0 Å². The molecule has 1 nitrogen and oxygen atoms in total. The van der Waals surface area contributed by atoms with Gasteiger partial charge in [0.1, 0.15) is 0 Å². The summed E-state index contributed by atoms with van der Waals surface area (Å²) in [5.74, 6) is 2.77. The minimum atomic E-state index is 0.836. The second kappa shape index (κ2) is 4.12. The Hall–Kier alpha value is -0.980. The van der Waals surface area contributed by atoms with Crippen molar-refractivity contribution in [3.05, 3.63) is 29.8 Å². The van der Waals surface area contributed by atoms with Gasteiger partial charge in [-0.1, -0.05) is 25.0 Å². The minimum absolute atomic E-state index is 0.836. The van der Waals surface area contributed by atoms with Gasteiger partial charge in [0, 0.05) is 5.69 Å². The molecule has 2 aliphatic carbocycles. The maximum atomic E-state index is 5.77. The Morgan fingerprint density at radius 3 is 1.75 bits per heavy atom. The third kappa shape index (κ3) is 1.73. The van der Waals surface area contributed by atoms with Gasteiger partial charge in [-0.3, -0.25) is 0 Å². The maximum absolute atomic E-state index is 5.77. The maximum Gasteiger partial charge on any atom is 0.0314 e. The quantitative estimate of drug-likeness (QED) is 0.759. The number of rotatable bonds is 3. The Kier molecular flexibility index (Phi) is 2.62. The monoisotopic (exact) mass is 215 g/mol. The van der Waals surface area contributed by atoms with Crippen LogP contribution in [-0.4, -0.2) is 0 Å². The third-order valence-electron chi connectivity index (χ3n) is 4.64. The van der Waals surface area contributed by atoms with Crippen LogP contribution in [-0.2, 0) is 0 Å². The lowest BCUT2D eigenvalue weighted by atomic mass is 9.62. The van der Waals surface area contributed by atoms with Gasteiger partial charge in [-0.15, -0.1) is 0 Å². The Labute approximate surface area is 98.0 Å². The van der Waals surface area contributed by atoms with Crippen LogP contribution in [0, 0.1) is 11.8 Å². The number of nitrogen functional groups attached to an aromatic ring is 1. The lowest BCUT2D eigenvalue weighted by Crippen LogP contribution is -2.30. The van der Waals surface area contributed by atoms with Crippen LogP contribution in [0.5, 0.6) is 0 Å². The first-order valence-electron chi connectivity index (χ1n) is 6.70. The summed E-state index contributed by atoms with van der Waals surface area (Å²) in [6, 6.07) is 8.66. The summed E-state index contributed by atoms with van der Waals surface area (Å²) in [4.78, 5) is 0. The summed E-state index contributed by atoms with van der Waals surface area (Å²) >= 11 is 0. The van der Waals surface area contributed by atoms with Gasteiger partial charge >= 0.3 is 0 Å². The molecule has 2 N–H and O–H groups in total. The van der Waals surface area contributed by atoms with Crippen molar-refractivity contribution in [2.75, 3.05) is 5.73 Å². The number of anilines is 1. The molecule has 0 bridgehead atoms. The lowest BCUT2D eigenvalue weighted by Gasteiger charge is -2.43. The van der Waals surface area contributed by atoms with Crippen molar-refractivity contribution in [3.63, 3.8) is 0 Å². The summed E-state index contributed by atoms with van der Waals surface area (Å²) in [5, 5.41) is 0. The molecule has 0 heterocycles. The highest BCUT2D eigenvalue weighted by atomic mass is 14.5. The van der Waals surface area contributed by atoms with E-state index < -0.39 is 0 Å². The second-order valence-corrected chi connectivity index (χ2v) is 5.57. The summed E-state index contributed by atoms with van der Waals surface area (Å²) in [5.41, 5.74) is 8.21. The van der Waals surface area contributed by atoms with Gasteiger partial charge in [-0.25, -0.2) is 0 Å². The molecule has 0 amide bonds. The van der Waals surface area contributed by atoms with Gasteiger partial charge in [0.2, 0.25) is 0 Å². The molecule has 0 saturated heterocycles. The molecular formula is C15H21N. The molecule has 86 valence electrons. The first-order chi connectivity index (χ1) is 7.84. The number of hydrogen-bond donors (Lipinski definition) is 1. The van der Waals surface area contributed by atoms with Crippen LogP contribution in [0.2, 0.25) is 0 Å². The second-order valence-electron chi connectivity index (χ2n) is 5.57. The zero-order valence-corrected chi connectivity index (χ0v) is 9.86. The van der Waals surface area contributed by atoms with Crippen molar-refractivity contribution in [2.45, 2.75) is 44.4 Å². The fraction of sp³-hybridized carbons (Fsp3) is 0.600. The molecule has 1 heteroatoms. The standard InChI is InChI=1S/C15H21N/c16-14-9-7-13(8-10-14)15(11-3-1-4-11)12-5-2-6-12/h7-12,15H,1-6,16H2. The zero-order chi connectivity index (χ0) is 11.0.